The Morgan fingerprint density at radius 2 is 2.00 bits per heavy atom. The van der Waals surface area contributed by atoms with Gasteiger partial charge in [-0.05, 0) is 54.5 Å². The van der Waals surface area contributed by atoms with Gasteiger partial charge in [0.1, 0.15) is 12.4 Å². The summed E-state index contributed by atoms with van der Waals surface area (Å²) in [7, 11) is 0. The average molecular weight is 370 g/mol. The maximum Gasteiger partial charge on any atom is 0.257 e. The molecule has 2 amide bonds. The second-order valence-corrected chi connectivity index (χ2v) is 5.60. The molecule has 0 radical (unpaired) electrons. The van der Waals surface area contributed by atoms with Gasteiger partial charge < -0.3 is 4.74 Å². The van der Waals surface area contributed by atoms with E-state index in [-0.39, 0.29) is 6.61 Å². The first kappa shape index (κ1) is 20.2. The number of benzene rings is 2. The normalized spacial score (nSPS) is 10.8. The Hall–Kier alpha value is -4.09. The van der Waals surface area contributed by atoms with Gasteiger partial charge in [0.05, 0.1) is 17.3 Å². The highest BCUT2D eigenvalue weighted by atomic mass is 16.5. The number of terminal acetylenes is 1. The summed E-state index contributed by atoms with van der Waals surface area (Å²) in [5, 5.41) is 9.53. The SMILES string of the molecule is C#CCOc1cccc(/C=C(\C#N)c2ccc(N(C=O)C(=O)/C=C\C)cc2)c1. The van der Waals surface area contributed by atoms with Crippen molar-refractivity contribution >= 4 is 29.7 Å². The smallest absolute Gasteiger partial charge is 0.257 e. The van der Waals surface area contributed by atoms with Gasteiger partial charge in [-0.3, -0.25) is 9.59 Å². The molecule has 0 saturated heterocycles. The van der Waals surface area contributed by atoms with E-state index in [1.54, 1.807) is 55.5 Å². The third kappa shape index (κ3) is 5.20. The van der Waals surface area contributed by atoms with Crippen LogP contribution in [0.1, 0.15) is 18.1 Å². The third-order valence-corrected chi connectivity index (χ3v) is 3.72. The molecule has 5 heteroatoms. The second-order valence-electron chi connectivity index (χ2n) is 5.60. The lowest BCUT2D eigenvalue weighted by Gasteiger charge is -2.13. The predicted octanol–water partition coefficient (Wildman–Crippen LogP) is 3.83. The highest BCUT2D eigenvalue weighted by Crippen LogP contribution is 2.23. The van der Waals surface area contributed by atoms with Gasteiger partial charge >= 0.3 is 0 Å². The largest absolute Gasteiger partial charge is 0.481 e. The summed E-state index contributed by atoms with van der Waals surface area (Å²) in [6.45, 7) is 1.86. The van der Waals surface area contributed by atoms with Gasteiger partial charge in [0, 0.05) is 0 Å². The Balaban J connectivity index is 2.29. The Labute approximate surface area is 164 Å². The van der Waals surface area contributed by atoms with E-state index < -0.39 is 5.91 Å². The monoisotopic (exact) mass is 370 g/mol. The van der Waals surface area contributed by atoms with Gasteiger partial charge in [0.15, 0.2) is 0 Å². The Kier molecular flexibility index (Phi) is 7.33. The van der Waals surface area contributed by atoms with Crippen LogP contribution >= 0.6 is 0 Å². The Morgan fingerprint density at radius 3 is 2.61 bits per heavy atom. The quantitative estimate of drug-likeness (QED) is 0.244. The number of carbonyl (C=O) groups is 2. The number of hydrogen-bond acceptors (Lipinski definition) is 4. The summed E-state index contributed by atoms with van der Waals surface area (Å²) in [5.41, 5.74) is 2.29. The molecule has 0 fully saturated rings. The molecule has 2 aromatic rings. The summed E-state index contributed by atoms with van der Waals surface area (Å²) in [5.74, 6) is 2.58. The van der Waals surface area contributed by atoms with Crippen LogP contribution in [0.3, 0.4) is 0 Å². The molecular weight excluding hydrogens is 352 g/mol. The van der Waals surface area contributed by atoms with Gasteiger partial charge in [0.25, 0.3) is 5.91 Å². The van der Waals surface area contributed by atoms with Crippen molar-refractivity contribution in [3.63, 3.8) is 0 Å². The molecule has 5 nitrogen and oxygen atoms in total. The number of carbonyl (C=O) groups excluding carboxylic acids is 2. The molecule has 138 valence electrons. The lowest BCUT2D eigenvalue weighted by Crippen LogP contribution is -2.27. The molecule has 2 rings (SSSR count). The molecule has 0 aliphatic rings. The zero-order valence-corrected chi connectivity index (χ0v) is 15.3. The van der Waals surface area contributed by atoms with E-state index in [1.165, 1.54) is 6.08 Å². The van der Waals surface area contributed by atoms with Crippen LogP contribution in [-0.4, -0.2) is 18.9 Å². The molecule has 0 bridgehead atoms. The summed E-state index contributed by atoms with van der Waals surface area (Å²) in [4.78, 5) is 24.1. The molecule has 0 aromatic heterocycles. The number of amides is 2. The number of anilines is 1. The van der Waals surface area contributed by atoms with Crippen molar-refractivity contribution in [3.8, 4) is 24.2 Å². The van der Waals surface area contributed by atoms with Crippen LogP contribution in [0.25, 0.3) is 11.6 Å². The zero-order valence-electron chi connectivity index (χ0n) is 15.3. The van der Waals surface area contributed by atoms with E-state index in [4.69, 9.17) is 11.2 Å². The van der Waals surface area contributed by atoms with Crippen molar-refractivity contribution in [2.75, 3.05) is 11.5 Å². The number of imide groups is 1. The molecule has 2 aromatic carbocycles. The zero-order chi connectivity index (χ0) is 20.4. The summed E-state index contributed by atoms with van der Waals surface area (Å²) < 4.78 is 5.39. The minimum absolute atomic E-state index is 0.166. The van der Waals surface area contributed by atoms with E-state index in [9.17, 15) is 14.9 Å². The van der Waals surface area contributed by atoms with Gasteiger partial charge in [-0.1, -0.05) is 36.3 Å². The predicted molar refractivity (Wildman–Crippen MR) is 109 cm³/mol. The minimum Gasteiger partial charge on any atom is -0.481 e. The topological polar surface area (TPSA) is 70.4 Å². The van der Waals surface area contributed by atoms with Gasteiger partial charge in [-0.25, -0.2) is 4.90 Å². The van der Waals surface area contributed by atoms with Gasteiger partial charge in [-0.15, -0.1) is 6.42 Å². The number of hydrogen-bond donors (Lipinski definition) is 0. The summed E-state index contributed by atoms with van der Waals surface area (Å²) in [6, 6.07) is 16.0. The van der Waals surface area contributed by atoms with Gasteiger partial charge in [-0.2, -0.15) is 5.26 Å². The molecule has 0 N–H and O–H groups in total. The summed E-state index contributed by atoms with van der Waals surface area (Å²) >= 11 is 0. The van der Waals surface area contributed by atoms with Crippen LogP contribution in [0.15, 0.2) is 60.7 Å². The fraction of sp³-hybridized carbons (Fsp3) is 0.0870. The molecule has 28 heavy (non-hydrogen) atoms. The summed E-state index contributed by atoms with van der Waals surface area (Å²) in [6.07, 6.45) is 10.2. The molecule has 0 atom stereocenters. The van der Waals surface area contributed by atoms with E-state index in [0.717, 1.165) is 10.5 Å². The van der Waals surface area contributed by atoms with Crippen molar-refractivity contribution < 1.29 is 14.3 Å². The van der Waals surface area contributed by atoms with E-state index in [0.29, 0.717) is 29.0 Å². The van der Waals surface area contributed by atoms with Crippen LogP contribution in [-0.2, 0) is 9.59 Å². The van der Waals surface area contributed by atoms with E-state index in [1.807, 2.05) is 12.1 Å². The molecule has 0 heterocycles. The number of allylic oxidation sites excluding steroid dienone is 2. The molecule has 0 unspecified atom stereocenters. The number of ether oxygens (including phenoxy) is 1. The maximum atomic E-state index is 11.9. The standard InChI is InChI=1S/C23H18N2O3/c1-3-6-23(27)25(17-26)21-11-9-19(10-12-21)20(16-24)14-18-7-5-8-22(15-18)28-13-4-2/h2-3,5-12,14-15,17H,13H2,1H3/b6-3-,20-14+. The fourth-order valence-electron chi connectivity index (χ4n) is 2.43. The van der Waals surface area contributed by atoms with Crippen molar-refractivity contribution in [1.29, 1.82) is 5.26 Å². The second kappa shape index (κ2) is 10.2. The van der Waals surface area contributed by atoms with Crippen LogP contribution in [0.4, 0.5) is 5.69 Å². The molecule has 0 saturated carbocycles. The first-order valence-electron chi connectivity index (χ1n) is 8.42. The average Bonchev–Trinajstić information content (AvgIpc) is 2.72. The Bertz CT molecular complexity index is 990. The first-order chi connectivity index (χ1) is 13.6. The van der Waals surface area contributed by atoms with Crippen LogP contribution in [0.2, 0.25) is 0 Å². The number of nitrogens with zero attached hydrogens (tertiary/aromatic N) is 2. The maximum absolute atomic E-state index is 11.9. The van der Waals surface area contributed by atoms with Crippen LogP contribution in [0.5, 0.6) is 5.75 Å². The lowest BCUT2D eigenvalue weighted by atomic mass is 10.0. The molecule has 0 spiro atoms. The lowest BCUT2D eigenvalue weighted by molar-refractivity contribution is -0.118. The number of rotatable bonds is 7. The van der Waals surface area contributed by atoms with E-state index >= 15 is 0 Å². The highest BCUT2D eigenvalue weighted by Gasteiger charge is 2.12. The van der Waals surface area contributed by atoms with Crippen molar-refractivity contribution in [2.24, 2.45) is 0 Å². The highest BCUT2D eigenvalue weighted by molar-refractivity contribution is 6.12. The van der Waals surface area contributed by atoms with Crippen LogP contribution < -0.4 is 9.64 Å². The first-order valence-corrected chi connectivity index (χ1v) is 8.42. The van der Waals surface area contributed by atoms with Crippen LogP contribution in [0, 0.1) is 23.7 Å². The fourth-order valence-corrected chi connectivity index (χ4v) is 2.43. The number of nitriles is 1. The van der Waals surface area contributed by atoms with Crippen molar-refractivity contribution in [3.05, 3.63) is 71.8 Å². The Morgan fingerprint density at radius 1 is 1.25 bits per heavy atom. The van der Waals surface area contributed by atoms with Crippen molar-refractivity contribution in [2.45, 2.75) is 6.92 Å². The molecule has 0 aliphatic carbocycles. The van der Waals surface area contributed by atoms with E-state index in [2.05, 4.69) is 12.0 Å². The van der Waals surface area contributed by atoms with Crippen molar-refractivity contribution in [1.82, 2.24) is 0 Å². The van der Waals surface area contributed by atoms with Gasteiger partial charge in [0.2, 0.25) is 6.41 Å². The molecule has 0 aliphatic heterocycles. The third-order valence-electron chi connectivity index (χ3n) is 3.72. The molecular formula is C23H18N2O3. The minimum atomic E-state index is -0.440.